The summed E-state index contributed by atoms with van der Waals surface area (Å²) >= 11 is 1.30. The molecule has 0 spiro atoms. The number of fused-ring (bicyclic) bond motifs is 1. The van der Waals surface area contributed by atoms with Crippen molar-refractivity contribution in [3.05, 3.63) is 71.3 Å². The Labute approximate surface area is 227 Å². The number of aromatic nitrogens is 6. The van der Waals surface area contributed by atoms with Gasteiger partial charge in [-0.15, -0.1) is 0 Å². The van der Waals surface area contributed by atoms with E-state index in [0.717, 1.165) is 41.1 Å². The molecule has 0 amide bonds. The Hall–Kier alpha value is -4.68. The van der Waals surface area contributed by atoms with Gasteiger partial charge in [-0.25, -0.2) is 8.91 Å². The van der Waals surface area contributed by atoms with Crippen LogP contribution in [0.2, 0.25) is 0 Å². The standard InChI is InChI=1S/C27H22FN9OS/c1-16-23(13-32-37(16)22-4-3-7-35(15-22)27-33-17(2)34-38-27)19-9-25(26-20(11-30)12-31-36(26)14-19)39-24-6-5-21(28)8-18(24)10-29/h5-6,8-9,12-14,22H,3-4,7,15H2,1-2H3/t22-/m0/s1. The number of hydrogen-bond donors (Lipinski definition) is 0. The molecule has 4 aromatic heterocycles. The molecule has 0 bridgehead atoms. The lowest BCUT2D eigenvalue weighted by molar-refractivity contribution is 0.341. The van der Waals surface area contributed by atoms with E-state index in [1.54, 1.807) is 17.5 Å². The highest BCUT2D eigenvalue weighted by atomic mass is 32.2. The molecule has 0 radical (unpaired) electrons. The number of anilines is 1. The van der Waals surface area contributed by atoms with Crippen molar-refractivity contribution in [2.45, 2.75) is 42.5 Å². The van der Waals surface area contributed by atoms with Crippen LogP contribution in [0.15, 0.2) is 57.2 Å². The van der Waals surface area contributed by atoms with Crippen LogP contribution in [-0.2, 0) is 0 Å². The lowest BCUT2D eigenvalue weighted by Crippen LogP contribution is -2.37. The van der Waals surface area contributed by atoms with Crippen molar-refractivity contribution >= 4 is 23.3 Å². The van der Waals surface area contributed by atoms with Gasteiger partial charge in [-0.3, -0.25) is 4.68 Å². The second kappa shape index (κ2) is 9.89. The molecule has 0 unspecified atom stereocenters. The van der Waals surface area contributed by atoms with E-state index < -0.39 is 5.82 Å². The SMILES string of the molecule is Cc1noc(N2CCC[C@H](n3ncc(-c4cc(Sc5ccc(F)cc5C#N)c5c(C#N)cnn5c4)c3C)C2)n1. The molecular weight excluding hydrogens is 517 g/mol. The largest absolute Gasteiger partial charge is 0.324 e. The maximum absolute atomic E-state index is 13.8. The van der Waals surface area contributed by atoms with Gasteiger partial charge in [0.05, 0.1) is 35.1 Å². The molecular formula is C27H22FN9OS. The van der Waals surface area contributed by atoms with Crippen molar-refractivity contribution in [1.82, 2.24) is 29.5 Å². The Morgan fingerprint density at radius 1 is 1.08 bits per heavy atom. The molecule has 1 saturated heterocycles. The number of hydrogen-bond acceptors (Lipinski definition) is 9. The van der Waals surface area contributed by atoms with Gasteiger partial charge in [-0.1, -0.05) is 16.9 Å². The van der Waals surface area contributed by atoms with E-state index in [1.807, 2.05) is 30.1 Å². The summed E-state index contributed by atoms with van der Waals surface area (Å²) in [5.74, 6) is 0.129. The van der Waals surface area contributed by atoms with Crippen LogP contribution in [0.4, 0.5) is 10.4 Å². The van der Waals surface area contributed by atoms with Gasteiger partial charge in [0.15, 0.2) is 5.82 Å². The second-order valence-corrected chi connectivity index (χ2v) is 10.4. The summed E-state index contributed by atoms with van der Waals surface area (Å²) in [6.07, 6.45) is 7.17. The summed E-state index contributed by atoms with van der Waals surface area (Å²) in [7, 11) is 0. The Morgan fingerprint density at radius 2 is 1.92 bits per heavy atom. The molecule has 1 aliphatic heterocycles. The number of pyridine rings is 1. The number of aryl methyl sites for hydroxylation is 1. The van der Waals surface area contributed by atoms with Crippen LogP contribution in [0.5, 0.6) is 0 Å². The van der Waals surface area contributed by atoms with Crippen LogP contribution in [0, 0.1) is 42.3 Å². The van der Waals surface area contributed by atoms with E-state index in [9.17, 15) is 14.9 Å². The minimum Gasteiger partial charge on any atom is -0.322 e. The third-order valence-electron chi connectivity index (χ3n) is 6.86. The van der Waals surface area contributed by atoms with Crippen molar-refractivity contribution in [2.24, 2.45) is 0 Å². The highest BCUT2D eigenvalue weighted by Crippen LogP contribution is 2.38. The third-order valence-corrected chi connectivity index (χ3v) is 7.97. The molecule has 6 rings (SSSR count). The van der Waals surface area contributed by atoms with E-state index in [2.05, 4.69) is 32.3 Å². The maximum Gasteiger partial charge on any atom is 0.324 e. The third kappa shape index (κ3) is 4.49. The average molecular weight is 540 g/mol. The fourth-order valence-electron chi connectivity index (χ4n) is 5.01. The van der Waals surface area contributed by atoms with Gasteiger partial charge in [0, 0.05) is 45.9 Å². The fraction of sp³-hybridized carbons (Fsp3) is 0.259. The number of nitriles is 2. The molecule has 1 aromatic carbocycles. The number of halogens is 1. The number of rotatable bonds is 5. The molecule has 194 valence electrons. The molecule has 0 N–H and O–H groups in total. The van der Waals surface area contributed by atoms with Crippen molar-refractivity contribution in [2.75, 3.05) is 18.0 Å². The van der Waals surface area contributed by atoms with Crippen molar-refractivity contribution < 1.29 is 8.91 Å². The van der Waals surface area contributed by atoms with Gasteiger partial charge in [0.25, 0.3) is 0 Å². The zero-order chi connectivity index (χ0) is 27.1. The first-order chi connectivity index (χ1) is 18.9. The fourth-order valence-corrected chi connectivity index (χ4v) is 6.08. The van der Waals surface area contributed by atoms with E-state index in [0.29, 0.717) is 34.4 Å². The molecule has 12 heteroatoms. The van der Waals surface area contributed by atoms with Gasteiger partial charge >= 0.3 is 6.01 Å². The van der Waals surface area contributed by atoms with E-state index in [4.69, 9.17) is 9.62 Å². The predicted molar refractivity (Wildman–Crippen MR) is 141 cm³/mol. The van der Waals surface area contributed by atoms with Gasteiger partial charge in [0.1, 0.15) is 18.0 Å². The van der Waals surface area contributed by atoms with Crippen LogP contribution in [0.1, 0.15) is 41.5 Å². The first-order valence-corrected chi connectivity index (χ1v) is 13.2. The monoisotopic (exact) mass is 539 g/mol. The molecule has 10 nitrogen and oxygen atoms in total. The minimum atomic E-state index is -0.476. The highest BCUT2D eigenvalue weighted by Gasteiger charge is 2.27. The summed E-state index contributed by atoms with van der Waals surface area (Å²) < 4.78 is 22.9. The summed E-state index contributed by atoms with van der Waals surface area (Å²) in [6, 6.07) is 11.0. The van der Waals surface area contributed by atoms with Gasteiger partial charge in [-0.05, 0) is 51.0 Å². The summed E-state index contributed by atoms with van der Waals surface area (Å²) in [4.78, 5) is 7.80. The maximum atomic E-state index is 13.8. The van der Waals surface area contributed by atoms with Gasteiger partial charge in [0.2, 0.25) is 0 Å². The lowest BCUT2D eigenvalue weighted by atomic mass is 10.0. The Kier molecular flexibility index (Phi) is 6.25. The van der Waals surface area contributed by atoms with Crippen LogP contribution >= 0.6 is 11.8 Å². The topological polar surface area (TPSA) is 125 Å². The Bertz CT molecular complexity index is 1790. The van der Waals surface area contributed by atoms with E-state index in [-0.39, 0.29) is 11.6 Å². The van der Waals surface area contributed by atoms with Gasteiger partial charge in [-0.2, -0.15) is 25.7 Å². The van der Waals surface area contributed by atoms with Crippen LogP contribution in [-0.4, -0.2) is 42.6 Å². The first-order valence-electron chi connectivity index (χ1n) is 12.3. The Morgan fingerprint density at radius 3 is 2.69 bits per heavy atom. The quantitative estimate of drug-likeness (QED) is 0.301. The predicted octanol–water partition coefficient (Wildman–Crippen LogP) is 5.07. The molecule has 1 aliphatic rings. The van der Waals surface area contributed by atoms with Crippen LogP contribution < -0.4 is 4.90 Å². The summed E-state index contributed by atoms with van der Waals surface area (Å²) in [5.41, 5.74) is 4.05. The zero-order valence-electron chi connectivity index (χ0n) is 21.2. The smallest absolute Gasteiger partial charge is 0.322 e. The lowest BCUT2D eigenvalue weighted by Gasteiger charge is -2.32. The molecule has 1 fully saturated rings. The van der Waals surface area contributed by atoms with Crippen LogP contribution in [0.25, 0.3) is 16.6 Å². The number of piperidine rings is 1. The molecule has 0 aliphatic carbocycles. The molecule has 1 atom stereocenters. The minimum absolute atomic E-state index is 0.129. The average Bonchev–Trinajstić information content (AvgIpc) is 3.67. The highest BCUT2D eigenvalue weighted by molar-refractivity contribution is 7.99. The van der Waals surface area contributed by atoms with Gasteiger partial charge < -0.3 is 9.42 Å². The number of benzene rings is 1. The summed E-state index contributed by atoms with van der Waals surface area (Å²) in [6.45, 7) is 5.39. The van der Waals surface area contributed by atoms with E-state index in [1.165, 1.54) is 30.1 Å². The van der Waals surface area contributed by atoms with Crippen molar-refractivity contribution in [3.63, 3.8) is 0 Å². The zero-order valence-corrected chi connectivity index (χ0v) is 22.0. The Balaban J connectivity index is 1.38. The molecule has 39 heavy (non-hydrogen) atoms. The summed E-state index contributed by atoms with van der Waals surface area (Å²) in [5, 5.41) is 32.3. The molecule has 5 aromatic rings. The number of nitrogens with zero attached hydrogens (tertiary/aromatic N) is 9. The second-order valence-electron chi connectivity index (χ2n) is 9.37. The van der Waals surface area contributed by atoms with E-state index >= 15 is 0 Å². The molecule has 5 heterocycles. The van der Waals surface area contributed by atoms with Crippen molar-refractivity contribution in [3.8, 4) is 23.3 Å². The van der Waals surface area contributed by atoms with Crippen molar-refractivity contribution in [1.29, 1.82) is 10.5 Å². The van der Waals surface area contributed by atoms with Crippen LogP contribution in [0.3, 0.4) is 0 Å². The normalized spacial score (nSPS) is 15.4. The first kappa shape index (κ1) is 24.6. The molecule has 0 saturated carbocycles.